The molecule has 4 nitrogen and oxygen atoms in total. The van der Waals surface area contributed by atoms with Crippen molar-refractivity contribution in [3.63, 3.8) is 0 Å². The first-order chi connectivity index (χ1) is 10.7. The van der Waals surface area contributed by atoms with Crippen molar-refractivity contribution in [2.45, 2.75) is 57.1 Å². The highest BCUT2D eigenvalue weighted by Crippen LogP contribution is 2.50. The summed E-state index contributed by atoms with van der Waals surface area (Å²) in [6, 6.07) is 6.54. The van der Waals surface area contributed by atoms with Crippen LogP contribution in [0.2, 0.25) is 0 Å². The molecular weight excluding hydrogens is 356 g/mol. The van der Waals surface area contributed by atoms with Gasteiger partial charge >= 0.3 is 6.09 Å². The summed E-state index contributed by atoms with van der Waals surface area (Å²) in [5, 5.41) is 0. The average molecular weight is 381 g/mol. The molecule has 126 valence electrons. The summed E-state index contributed by atoms with van der Waals surface area (Å²) in [7, 11) is 0. The van der Waals surface area contributed by atoms with E-state index in [9.17, 15) is 4.79 Å². The molecule has 1 aromatic rings. The van der Waals surface area contributed by atoms with E-state index < -0.39 is 5.60 Å². The number of carbonyl (C=O) groups excluding carboxylic acids is 1. The zero-order chi connectivity index (χ0) is 16.8. The Bertz CT molecular complexity index is 616. The number of benzene rings is 1. The number of hydrogen-bond acceptors (Lipinski definition) is 3. The molecule has 0 aromatic heterocycles. The molecule has 2 N–H and O–H groups in total. The highest BCUT2D eigenvalue weighted by Gasteiger charge is 2.45. The van der Waals surface area contributed by atoms with Gasteiger partial charge in [0.1, 0.15) is 5.60 Å². The van der Waals surface area contributed by atoms with Crippen molar-refractivity contribution in [2.75, 3.05) is 13.1 Å². The molecule has 1 aliphatic carbocycles. The number of nitrogens with two attached hydrogens (primary N) is 1. The number of halogens is 1. The van der Waals surface area contributed by atoms with E-state index in [0.29, 0.717) is 0 Å². The molecule has 3 rings (SSSR count). The fourth-order valence-electron chi connectivity index (χ4n) is 3.88. The topological polar surface area (TPSA) is 55.6 Å². The maximum absolute atomic E-state index is 12.2. The number of piperidine rings is 1. The lowest BCUT2D eigenvalue weighted by molar-refractivity contribution is 0.0162. The van der Waals surface area contributed by atoms with Gasteiger partial charge in [-0.15, -0.1) is 0 Å². The summed E-state index contributed by atoms with van der Waals surface area (Å²) in [6.07, 6.45) is 2.68. The van der Waals surface area contributed by atoms with E-state index >= 15 is 0 Å². The van der Waals surface area contributed by atoms with Crippen LogP contribution >= 0.6 is 15.9 Å². The summed E-state index contributed by atoms with van der Waals surface area (Å²) in [6.45, 7) is 7.18. The van der Waals surface area contributed by atoms with Gasteiger partial charge in [0.25, 0.3) is 0 Å². The van der Waals surface area contributed by atoms with Crippen LogP contribution in [-0.4, -0.2) is 29.7 Å². The molecule has 0 radical (unpaired) electrons. The van der Waals surface area contributed by atoms with Crippen molar-refractivity contribution in [1.29, 1.82) is 0 Å². The van der Waals surface area contributed by atoms with Crippen LogP contribution in [0, 0.1) is 0 Å². The molecular formula is C18H25BrN2O2. The number of ether oxygens (including phenoxy) is 1. The van der Waals surface area contributed by atoms with E-state index in [1.54, 1.807) is 0 Å². The predicted octanol–water partition coefficient (Wildman–Crippen LogP) is 4.12. The Morgan fingerprint density at radius 2 is 2.00 bits per heavy atom. The zero-order valence-corrected chi connectivity index (χ0v) is 15.6. The molecule has 1 unspecified atom stereocenters. The Morgan fingerprint density at radius 3 is 2.61 bits per heavy atom. The van der Waals surface area contributed by atoms with Gasteiger partial charge in [0.2, 0.25) is 0 Å². The zero-order valence-electron chi connectivity index (χ0n) is 14.1. The van der Waals surface area contributed by atoms with Crippen molar-refractivity contribution in [3.05, 3.63) is 33.8 Å². The molecule has 2 aliphatic rings. The van der Waals surface area contributed by atoms with Gasteiger partial charge < -0.3 is 15.4 Å². The Balaban J connectivity index is 1.74. The minimum absolute atomic E-state index is 0.0931. The van der Waals surface area contributed by atoms with Gasteiger partial charge in [-0.05, 0) is 63.3 Å². The molecule has 1 heterocycles. The first-order valence-electron chi connectivity index (χ1n) is 8.24. The molecule has 1 aliphatic heterocycles. The molecule has 1 atom stereocenters. The first-order valence-corrected chi connectivity index (χ1v) is 9.03. The number of hydrogen-bond donors (Lipinski definition) is 1. The first kappa shape index (κ1) is 16.8. The third kappa shape index (κ3) is 3.26. The molecule has 5 heteroatoms. The monoisotopic (exact) mass is 380 g/mol. The van der Waals surface area contributed by atoms with Gasteiger partial charge in [0.15, 0.2) is 0 Å². The van der Waals surface area contributed by atoms with E-state index in [4.69, 9.17) is 10.5 Å². The fraction of sp³-hybridized carbons (Fsp3) is 0.611. The smallest absolute Gasteiger partial charge is 0.410 e. The Morgan fingerprint density at radius 1 is 1.35 bits per heavy atom. The fourth-order valence-corrected chi connectivity index (χ4v) is 4.26. The van der Waals surface area contributed by atoms with Gasteiger partial charge in [0, 0.05) is 29.0 Å². The van der Waals surface area contributed by atoms with Gasteiger partial charge in [-0.1, -0.05) is 22.0 Å². The van der Waals surface area contributed by atoms with E-state index in [2.05, 4.69) is 34.1 Å². The van der Waals surface area contributed by atoms with Crippen molar-refractivity contribution < 1.29 is 9.53 Å². The molecule has 23 heavy (non-hydrogen) atoms. The predicted molar refractivity (Wildman–Crippen MR) is 94.4 cm³/mol. The summed E-state index contributed by atoms with van der Waals surface area (Å²) < 4.78 is 6.57. The second kappa shape index (κ2) is 5.78. The minimum atomic E-state index is -0.444. The molecule has 0 saturated carbocycles. The molecule has 1 saturated heterocycles. The summed E-state index contributed by atoms with van der Waals surface area (Å²) in [4.78, 5) is 14.1. The molecule has 1 spiro atoms. The molecule has 0 bridgehead atoms. The SMILES string of the molecule is CC(C)(C)OC(=O)N1CCC2(CC1)CC(N)c1cc(Br)ccc12. The van der Waals surface area contributed by atoms with Crippen LogP contribution in [0.3, 0.4) is 0 Å². The van der Waals surface area contributed by atoms with Gasteiger partial charge in [0.05, 0.1) is 0 Å². The quantitative estimate of drug-likeness (QED) is 0.736. The number of likely N-dealkylation sites (tertiary alicyclic amines) is 1. The second-order valence-corrected chi connectivity index (χ2v) is 8.71. The Hall–Kier alpha value is -1.07. The van der Waals surface area contributed by atoms with Crippen molar-refractivity contribution in [1.82, 2.24) is 4.90 Å². The van der Waals surface area contributed by atoms with Crippen LogP contribution in [-0.2, 0) is 10.2 Å². The lowest BCUT2D eigenvalue weighted by Gasteiger charge is -2.40. The molecule has 1 amide bonds. The van der Waals surface area contributed by atoms with Crippen molar-refractivity contribution >= 4 is 22.0 Å². The largest absolute Gasteiger partial charge is 0.444 e. The highest BCUT2D eigenvalue weighted by atomic mass is 79.9. The third-order valence-corrected chi connectivity index (χ3v) is 5.46. The summed E-state index contributed by atoms with van der Waals surface area (Å²) >= 11 is 3.54. The van der Waals surface area contributed by atoms with E-state index in [0.717, 1.165) is 36.8 Å². The number of amides is 1. The van der Waals surface area contributed by atoms with E-state index in [-0.39, 0.29) is 17.6 Å². The lowest BCUT2D eigenvalue weighted by Crippen LogP contribution is -2.46. The Kier molecular flexibility index (Phi) is 4.21. The van der Waals surface area contributed by atoms with Crippen LogP contribution in [0.1, 0.15) is 57.2 Å². The van der Waals surface area contributed by atoms with E-state index in [1.165, 1.54) is 11.1 Å². The number of nitrogens with zero attached hydrogens (tertiary/aromatic N) is 1. The van der Waals surface area contributed by atoms with Crippen LogP contribution < -0.4 is 5.73 Å². The van der Waals surface area contributed by atoms with Crippen molar-refractivity contribution in [2.24, 2.45) is 5.73 Å². The summed E-state index contributed by atoms with van der Waals surface area (Å²) in [5.41, 5.74) is 8.67. The van der Waals surface area contributed by atoms with E-state index in [1.807, 2.05) is 25.7 Å². The number of carbonyl (C=O) groups is 1. The van der Waals surface area contributed by atoms with Crippen LogP contribution in [0.4, 0.5) is 4.79 Å². The standard InChI is InChI=1S/C18H25BrN2O2/c1-17(2,3)23-16(22)21-8-6-18(7-9-21)11-15(20)13-10-12(19)4-5-14(13)18/h4-5,10,15H,6-9,11,20H2,1-3H3. The minimum Gasteiger partial charge on any atom is -0.444 e. The lowest BCUT2D eigenvalue weighted by atomic mass is 9.74. The Labute approximate surface area is 146 Å². The molecule has 1 aromatic carbocycles. The van der Waals surface area contributed by atoms with Crippen molar-refractivity contribution in [3.8, 4) is 0 Å². The molecule has 1 fully saturated rings. The normalized spacial score (nSPS) is 23.0. The summed E-state index contributed by atoms with van der Waals surface area (Å²) in [5.74, 6) is 0. The average Bonchev–Trinajstić information content (AvgIpc) is 2.70. The number of fused-ring (bicyclic) bond motifs is 2. The third-order valence-electron chi connectivity index (χ3n) is 4.97. The van der Waals surface area contributed by atoms with Gasteiger partial charge in [-0.2, -0.15) is 0 Å². The van der Waals surface area contributed by atoms with Gasteiger partial charge in [-0.3, -0.25) is 0 Å². The van der Waals surface area contributed by atoms with Crippen LogP contribution in [0.15, 0.2) is 22.7 Å². The number of rotatable bonds is 0. The maximum Gasteiger partial charge on any atom is 0.410 e. The van der Waals surface area contributed by atoms with Crippen LogP contribution in [0.25, 0.3) is 0 Å². The highest BCUT2D eigenvalue weighted by molar-refractivity contribution is 9.10. The second-order valence-electron chi connectivity index (χ2n) is 7.79. The maximum atomic E-state index is 12.2. The van der Waals surface area contributed by atoms with Gasteiger partial charge in [-0.25, -0.2) is 4.79 Å². The van der Waals surface area contributed by atoms with Crippen LogP contribution in [0.5, 0.6) is 0 Å².